The van der Waals surface area contributed by atoms with Gasteiger partial charge in [0.1, 0.15) is 11.6 Å². The minimum Gasteiger partial charge on any atom is -0.513 e. The van der Waals surface area contributed by atoms with Crippen LogP contribution in [0.1, 0.15) is 71.6 Å². The van der Waals surface area contributed by atoms with Crippen molar-refractivity contribution < 1.29 is 39.9 Å². The fraction of sp³-hybridized carbons (Fsp3) is 0.261. The van der Waals surface area contributed by atoms with E-state index in [1.807, 2.05) is 97.1 Å². The molecule has 0 saturated carbocycles. The van der Waals surface area contributed by atoms with Gasteiger partial charge in [-0.1, -0.05) is 36.4 Å². The van der Waals surface area contributed by atoms with E-state index in [2.05, 4.69) is 47.4 Å². The van der Waals surface area contributed by atoms with Crippen LogP contribution >= 0.6 is 22.7 Å². The number of Topliss-reactive ketones (excluding diaryl/α,β-unsaturated/α-hetero) is 2. The summed E-state index contributed by atoms with van der Waals surface area (Å²) in [7, 11) is 0. The van der Waals surface area contributed by atoms with Crippen LogP contribution in [0.3, 0.4) is 0 Å². The fourth-order valence-electron chi connectivity index (χ4n) is 4.96. The second-order valence-electron chi connectivity index (χ2n) is 12.4. The van der Waals surface area contributed by atoms with Crippen molar-refractivity contribution in [2.24, 2.45) is 0 Å². The number of aromatic nitrogens is 2. The van der Waals surface area contributed by atoms with Crippen molar-refractivity contribution in [3.05, 3.63) is 146 Å². The predicted molar refractivity (Wildman–Crippen MR) is 228 cm³/mol. The molecule has 0 saturated heterocycles. The van der Waals surface area contributed by atoms with Gasteiger partial charge in [-0.05, 0) is 82.7 Å². The summed E-state index contributed by atoms with van der Waals surface area (Å²) in [5.74, 6) is 0.310. The van der Waals surface area contributed by atoms with E-state index in [-0.39, 0.29) is 43.9 Å². The van der Waals surface area contributed by atoms with E-state index in [4.69, 9.17) is 5.11 Å². The zero-order valence-corrected chi connectivity index (χ0v) is 35.6. The van der Waals surface area contributed by atoms with Crippen molar-refractivity contribution in [1.82, 2.24) is 9.97 Å². The number of thiazole rings is 2. The molecule has 2 N–H and O–H groups in total. The number of hydrogen-bond acceptors (Lipinski definition) is 8. The number of ketones is 2. The molecule has 1 unspecified atom stereocenters. The number of aliphatic hydroxyl groups excluding tert-OH is 2. The molecule has 2 aromatic heterocycles. The zero-order valence-electron chi connectivity index (χ0n) is 31.6. The first-order valence-corrected chi connectivity index (χ1v) is 19.8. The molecule has 6 nitrogen and oxygen atoms in total. The van der Waals surface area contributed by atoms with Gasteiger partial charge in [-0.15, -0.1) is 84.9 Å². The molecule has 55 heavy (non-hydrogen) atoms. The number of allylic oxidation sites excluding steroid dienone is 3. The third kappa shape index (κ3) is 18.7. The average molecular weight is 951 g/mol. The van der Waals surface area contributed by atoms with Crippen molar-refractivity contribution in [3.63, 3.8) is 0 Å². The summed E-state index contributed by atoms with van der Waals surface area (Å²) < 4.78 is 2.45. The van der Waals surface area contributed by atoms with Gasteiger partial charge in [0.2, 0.25) is 0 Å². The Morgan fingerprint density at radius 2 is 1.18 bits per heavy atom. The maximum absolute atomic E-state index is 11.0. The van der Waals surface area contributed by atoms with E-state index in [0.29, 0.717) is 12.8 Å². The summed E-state index contributed by atoms with van der Waals surface area (Å²) in [6.07, 6.45) is 11.7. The molecule has 1 radical (unpaired) electrons. The van der Waals surface area contributed by atoms with E-state index in [1.54, 1.807) is 29.6 Å². The number of hydrogen-bond donors (Lipinski definition) is 2. The summed E-state index contributed by atoms with van der Waals surface area (Å²) in [5.41, 5.74) is 4.27. The molecule has 2 heterocycles. The number of fused-ring (bicyclic) bond motifs is 2. The molecular weight excluding hydrogens is 901 g/mol. The molecule has 4 aromatic carbocycles. The molecule has 0 amide bonds. The van der Waals surface area contributed by atoms with Crippen LogP contribution in [-0.4, -0.2) is 37.9 Å². The van der Waals surface area contributed by atoms with Crippen LogP contribution in [0.4, 0.5) is 0 Å². The number of aliphatic hydroxyl groups is 2. The molecule has 0 spiro atoms. The van der Waals surface area contributed by atoms with Gasteiger partial charge in [-0.2, -0.15) is 22.7 Å². The first kappa shape index (κ1) is 46.8. The van der Waals surface area contributed by atoms with Crippen molar-refractivity contribution in [3.8, 4) is 21.1 Å². The van der Waals surface area contributed by atoms with Gasteiger partial charge in [0, 0.05) is 52.4 Å². The molecule has 6 aromatic rings. The predicted octanol–water partition coefficient (Wildman–Crippen LogP) is 12.4. The maximum Gasteiger partial charge on any atom is 0.140 e. The second-order valence-corrected chi connectivity index (χ2v) is 14.5. The number of nitrogens with zero attached hydrogens (tertiary/aromatic N) is 2. The molecular formula is C46H50IrN2O4S2-2. The molecule has 0 aliphatic heterocycles. The van der Waals surface area contributed by atoms with E-state index >= 15 is 0 Å². The first-order chi connectivity index (χ1) is 26.2. The van der Waals surface area contributed by atoms with Gasteiger partial charge in [-0.25, -0.2) is 0 Å². The van der Waals surface area contributed by atoms with Gasteiger partial charge in [-0.3, -0.25) is 19.6 Å². The minimum atomic E-state index is -0.551. The van der Waals surface area contributed by atoms with Gasteiger partial charge >= 0.3 is 0 Å². The SMILES string of the molecule is C=CCCCCC(=O)CC(C)=O.C=CCCCCC(O)=CC(C)O.[Ir].[c-]1ccccc1-c1nc2ccccc2s1.[c-]1ccccc1-c1nc2ccccc2s1. The Kier molecular flexibility index (Phi) is 23.2. The van der Waals surface area contributed by atoms with Gasteiger partial charge in [0.25, 0.3) is 0 Å². The molecule has 6 rings (SSSR count). The zero-order chi connectivity index (χ0) is 39.0. The number of benzene rings is 4. The van der Waals surface area contributed by atoms with Crippen LogP contribution in [0, 0.1) is 12.1 Å². The van der Waals surface area contributed by atoms with Crippen LogP contribution in [0.15, 0.2) is 134 Å². The fourth-order valence-corrected chi connectivity index (χ4v) is 6.87. The molecule has 0 fully saturated rings. The van der Waals surface area contributed by atoms with Crippen molar-refractivity contribution in [2.75, 3.05) is 0 Å². The summed E-state index contributed by atoms with van der Waals surface area (Å²) in [6, 6.07) is 38.6. The monoisotopic (exact) mass is 951 g/mol. The number of unbranched alkanes of at least 4 members (excludes halogenated alkanes) is 4. The molecule has 1 atom stereocenters. The Morgan fingerprint density at radius 3 is 1.58 bits per heavy atom. The molecule has 0 bridgehead atoms. The van der Waals surface area contributed by atoms with Crippen molar-refractivity contribution in [2.45, 2.75) is 77.7 Å². The second kappa shape index (κ2) is 27.2. The van der Waals surface area contributed by atoms with Crippen LogP contribution in [0.25, 0.3) is 41.6 Å². The van der Waals surface area contributed by atoms with Crippen molar-refractivity contribution >= 4 is 54.7 Å². The normalized spacial score (nSPS) is 11.0. The number of carbonyl (C=O) groups is 2. The standard InChI is InChI=1S/2C13H8NS.C10H18O2.C10H16O2.Ir/c2*1-2-6-10(7-3-1)13-14-11-8-4-5-9-12(11)15-13;2*1-3-4-5-6-7-10(12)8-9(2)11;/h2*1-6,8-9H;3,8-9,11-12H,1,4-7H2,2H3;3H,1,4-8H2,2H3;/q2*-1;;;. The van der Waals surface area contributed by atoms with Crippen molar-refractivity contribution in [1.29, 1.82) is 0 Å². The summed E-state index contributed by atoms with van der Waals surface area (Å²) in [4.78, 5) is 30.6. The quantitative estimate of drug-likeness (QED) is 0.0350. The Hall–Kier alpha value is -4.37. The third-order valence-electron chi connectivity index (χ3n) is 7.55. The molecule has 9 heteroatoms. The van der Waals surface area contributed by atoms with Gasteiger partial charge in [0.15, 0.2) is 0 Å². The Bertz CT molecular complexity index is 1860. The average Bonchev–Trinajstić information content (AvgIpc) is 3.82. The Morgan fingerprint density at radius 1 is 0.727 bits per heavy atom. The number of carbonyl (C=O) groups excluding carboxylic acids is 2. The Balaban J connectivity index is 0.000000254. The molecule has 0 aliphatic carbocycles. The maximum atomic E-state index is 11.0. The van der Waals surface area contributed by atoms with E-state index in [0.717, 1.165) is 70.7 Å². The van der Waals surface area contributed by atoms with Crippen LogP contribution < -0.4 is 0 Å². The van der Waals surface area contributed by atoms with Crippen LogP contribution in [0.5, 0.6) is 0 Å². The van der Waals surface area contributed by atoms with E-state index in [1.165, 1.54) is 22.4 Å². The van der Waals surface area contributed by atoms with Gasteiger partial charge < -0.3 is 10.2 Å². The smallest absolute Gasteiger partial charge is 0.140 e. The van der Waals surface area contributed by atoms with Crippen LogP contribution in [-0.2, 0) is 29.7 Å². The van der Waals surface area contributed by atoms with E-state index < -0.39 is 6.10 Å². The number of para-hydroxylation sites is 2. The topological polar surface area (TPSA) is 100 Å². The number of rotatable bonds is 15. The molecule has 291 valence electrons. The Labute approximate surface area is 347 Å². The molecule has 0 aliphatic rings. The summed E-state index contributed by atoms with van der Waals surface area (Å²) in [5, 5.41) is 20.1. The first-order valence-electron chi connectivity index (χ1n) is 18.2. The van der Waals surface area contributed by atoms with E-state index in [9.17, 15) is 14.7 Å². The van der Waals surface area contributed by atoms with Crippen LogP contribution in [0.2, 0.25) is 0 Å². The third-order valence-corrected chi connectivity index (χ3v) is 9.69. The summed E-state index contributed by atoms with van der Waals surface area (Å²) in [6.45, 7) is 10.3. The summed E-state index contributed by atoms with van der Waals surface area (Å²) >= 11 is 3.42. The largest absolute Gasteiger partial charge is 0.513 e. The van der Waals surface area contributed by atoms with Gasteiger partial charge in [0.05, 0.1) is 29.3 Å². The minimum absolute atomic E-state index is 0.